The molecule has 0 bridgehead atoms. The van der Waals surface area contributed by atoms with Gasteiger partial charge in [-0.25, -0.2) is 0 Å². The third-order valence-corrected chi connectivity index (χ3v) is 3.13. The first-order chi connectivity index (χ1) is 6.76. The van der Waals surface area contributed by atoms with Gasteiger partial charge in [-0.3, -0.25) is 0 Å². The lowest BCUT2D eigenvalue weighted by Gasteiger charge is -2.19. The fourth-order valence-electron chi connectivity index (χ4n) is 1.90. The lowest BCUT2D eigenvalue weighted by Crippen LogP contribution is -2.30. The van der Waals surface area contributed by atoms with Gasteiger partial charge >= 0.3 is 0 Å². The maximum Gasteiger partial charge on any atom is 0.0543 e. The van der Waals surface area contributed by atoms with Gasteiger partial charge in [-0.15, -0.1) is 0 Å². The molecule has 2 heteroatoms. The summed E-state index contributed by atoms with van der Waals surface area (Å²) in [4.78, 5) is 0. The molecule has 0 aromatic rings. The minimum Gasteiger partial charge on any atom is -0.382 e. The van der Waals surface area contributed by atoms with Crippen LogP contribution in [0.3, 0.4) is 0 Å². The number of hydrogen-bond acceptors (Lipinski definition) is 2. The standard InChI is InChI=1S/C12H25NO/c1-4-13-12(9-11-6-7-11)8-5-10(2)14-3/h10-13H,4-9H2,1-3H3. The lowest BCUT2D eigenvalue weighted by atomic mass is 10.0. The molecular formula is C12H25NO. The van der Waals surface area contributed by atoms with Crippen molar-refractivity contribution in [1.29, 1.82) is 0 Å². The van der Waals surface area contributed by atoms with Crippen LogP contribution in [-0.4, -0.2) is 25.8 Å². The van der Waals surface area contributed by atoms with Gasteiger partial charge < -0.3 is 10.1 Å². The molecule has 0 aromatic carbocycles. The van der Waals surface area contributed by atoms with Gasteiger partial charge in [0.05, 0.1) is 6.10 Å². The summed E-state index contributed by atoms with van der Waals surface area (Å²) in [7, 11) is 1.80. The summed E-state index contributed by atoms with van der Waals surface area (Å²) in [5, 5.41) is 3.58. The quantitative estimate of drug-likeness (QED) is 0.649. The molecule has 1 saturated carbocycles. The molecule has 0 saturated heterocycles. The van der Waals surface area contributed by atoms with Crippen LogP contribution in [0.15, 0.2) is 0 Å². The minimum atomic E-state index is 0.412. The van der Waals surface area contributed by atoms with Crippen molar-refractivity contribution in [3.8, 4) is 0 Å². The highest BCUT2D eigenvalue weighted by Gasteiger charge is 2.25. The molecule has 1 aliphatic carbocycles. The highest BCUT2D eigenvalue weighted by Crippen LogP contribution is 2.34. The zero-order valence-electron chi connectivity index (χ0n) is 9.88. The molecule has 2 nitrogen and oxygen atoms in total. The Bertz CT molecular complexity index is 145. The number of ether oxygens (including phenoxy) is 1. The lowest BCUT2D eigenvalue weighted by molar-refractivity contribution is 0.105. The molecule has 0 amide bonds. The number of hydrogen-bond donors (Lipinski definition) is 1. The maximum atomic E-state index is 5.27. The summed E-state index contributed by atoms with van der Waals surface area (Å²) in [5.41, 5.74) is 0. The molecule has 1 rings (SSSR count). The van der Waals surface area contributed by atoms with Gasteiger partial charge in [0.2, 0.25) is 0 Å². The second-order valence-corrected chi connectivity index (χ2v) is 4.56. The van der Waals surface area contributed by atoms with Crippen LogP contribution in [0.5, 0.6) is 0 Å². The highest BCUT2D eigenvalue weighted by molar-refractivity contribution is 4.80. The van der Waals surface area contributed by atoms with Crippen LogP contribution in [0.1, 0.15) is 46.0 Å². The molecule has 0 aromatic heterocycles. The first-order valence-electron chi connectivity index (χ1n) is 6.02. The predicted molar refractivity (Wildman–Crippen MR) is 60.5 cm³/mol. The monoisotopic (exact) mass is 199 g/mol. The van der Waals surface area contributed by atoms with Crippen LogP contribution in [0.2, 0.25) is 0 Å². The normalized spacial score (nSPS) is 20.8. The average molecular weight is 199 g/mol. The van der Waals surface area contributed by atoms with E-state index >= 15 is 0 Å². The van der Waals surface area contributed by atoms with E-state index < -0.39 is 0 Å². The topological polar surface area (TPSA) is 21.3 Å². The van der Waals surface area contributed by atoms with Crippen molar-refractivity contribution in [2.45, 2.75) is 58.1 Å². The smallest absolute Gasteiger partial charge is 0.0543 e. The largest absolute Gasteiger partial charge is 0.382 e. The van der Waals surface area contributed by atoms with Gasteiger partial charge in [-0.1, -0.05) is 19.8 Å². The van der Waals surface area contributed by atoms with Crippen molar-refractivity contribution < 1.29 is 4.74 Å². The molecule has 14 heavy (non-hydrogen) atoms. The Morgan fingerprint density at radius 3 is 2.57 bits per heavy atom. The van der Waals surface area contributed by atoms with Gasteiger partial charge in [-0.2, -0.15) is 0 Å². The van der Waals surface area contributed by atoms with E-state index in [4.69, 9.17) is 4.74 Å². The Morgan fingerprint density at radius 1 is 1.36 bits per heavy atom. The molecule has 1 aliphatic rings. The summed E-state index contributed by atoms with van der Waals surface area (Å²) in [6.45, 7) is 5.44. The summed E-state index contributed by atoms with van der Waals surface area (Å²) in [6.07, 6.45) is 7.16. The summed E-state index contributed by atoms with van der Waals surface area (Å²) >= 11 is 0. The molecule has 1 N–H and O–H groups in total. The van der Waals surface area contributed by atoms with Crippen molar-refractivity contribution in [3.63, 3.8) is 0 Å². The van der Waals surface area contributed by atoms with Crippen molar-refractivity contribution >= 4 is 0 Å². The highest BCUT2D eigenvalue weighted by atomic mass is 16.5. The minimum absolute atomic E-state index is 0.412. The van der Waals surface area contributed by atoms with E-state index in [0.717, 1.165) is 18.5 Å². The Morgan fingerprint density at radius 2 is 2.07 bits per heavy atom. The van der Waals surface area contributed by atoms with E-state index in [1.54, 1.807) is 7.11 Å². The van der Waals surface area contributed by atoms with Crippen LogP contribution in [0, 0.1) is 5.92 Å². The first-order valence-corrected chi connectivity index (χ1v) is 6.02. The van der Waals surface area contributed by atoms with Crippen molar-refractivity contribution in [2.75, 3.05) is 13.7 Å². The molecular weight excluding hydrogens is 174 g/mol. The number of rotatable bonds is 8. The van der Waals surface area contributed by atoms with Crippen LogP contribution in [-0.2, 0) is 4.74 Å². The Hall–Kier alpha value is -0.0800. The molecule has 0 aliphatic heterocycles. The first kappa shape index (κ1) is 12.0. The van der Waals surface area contributed by atoms with E-state index in [1.165, 1.54) is 32.1 Å². The van der Waals surface area contributed by atoms with Crippen molar-refractivity contribution in [3.05, 3.63) is 0 Å². The van der Waals surface area contributed by atoms with E-state index in [0.29, 0.717) is 6.10 Å². The van der Waals surface area contributed by atoms with Crippen LogP contribution >= 0.6 is 0 Å². The molecule has 2 unspecified atom stereocenters. The van der Waals surface area contributed by atoms with Gasteiger partial charge in [0.25, 0.3) is 0 Å². The van der Waals surface area contributed by atoms with E-state index in [1.807, 2.05) is 0 Å². The SMILES string of the molecule is CCNC(CCC(C)OC)CC1CC1. The zero-order valence-corrected chi connectivity index (χ0v) is 9.88. The zero-order chi connectivity index (χ0) is 10.4. The Balaban J connectivity index is 2.12. The van der Waals surface area contributed by atoms with Crippen LogP contribution < -0.4 is 5.32 Å². The third-order valence-electron chi connectivity index (χ3n) is 3.13. The van der Waals surface area contributed by atoms with Crippen LogP contribution in [0.25, 0.3) is 0 Å². The van der Waals surface area contributed by atoms with Crippen molar-refractivity contribution in [2.24, 2.45) is 5.92 Å². The predicted octanol–water partition coefficient (Wildman–Crippen LogP) is 2.58. The summed E-state index contributed by atoms with van der Waals surface area (Å²) in [5.74, 6) is 1.02. The van der Waals surface area contributed by atoms with Crippen LogP contribution in [0.4, 0.5) is 0 Å². The maximum absolute atomic E-state index is 5.27. The van der Waals surface area contributed by atoms with E-state index in [2.05, 4.69) is 19.2 Å². The summed E-state index contributed by atoms with van der Waals surface area (Å²) < 4.78 is 5.27. The molecule has 84 valence electrons. The van der Waals surface area contributed by atoms with Gasteiger partial charge in [0.15, 0.2) is 0 Å². The van der Waals surface area contributed by atoms with Gasteiger partial charge in [-0.05, 0) is 38.6 Å². The second kappa shape index (κ2) is 6.41. The van der Waals surface area contributed by atoms with E-state index in [-0.39, 0.29) is 0 Å². The number of nitrogens with one attached hydrogen (secondary N) is 1. The molecule has 1 fully saturated rings. The Kier molecular flexibility index (Phi) is 5.49. The average Bonchev–Trinajstić information content (AvgIpc) is 2.98. The summed E-state index contributed by atoms with van der Waals surface area (Å²) in [6, 6.07) is 0.727. The van der Waals surface area contributed by atoms with Gasteiger partial charge in [0, 0.05) is 13.2 Å². The van der Waals surface area contributed by atoms with Gasteiger partial charge in [0.1, 0.15) is 0 Å². The molecule has 2 atom stereocenters. The molecule has 0 radical (unpaired) electrons. The van der Waals surface area contributed by atoms with E-state index in [9.17, 15) is 0 Å². The molecule has 0 spiro atoms. The fourth-order valence-corrected chi connectivity index (χ4v) is 1.90. The van der Waals surface area contributed by atoms with Crippen molar-refractivity contribution in [1.82, 2.24) is 5.32 Å². The third kappa shape index (κ3) is 4.97. The Labute approximate surface area is 88.4 Å². The molecule has 0 heterocycles. The second-order valence-electron chi connectivity index (χ2n) is 4.56. The number of methoxy groups -OCH3 is 1. The fraction of sp³-hybridized carbons (Fsp3) is 1.00.